The number of carboxylic acids is 1. The zero-order valence-corrected chi connectivity index (χ0v) is 10.4. The summed E-state index contributed by atoms with van der Waals surface area (Å²) >= 11 is 2.60. The normalized spacial score (nSPS) is 12.0. The minimum atomic E-state index is -1.56. The molecule has 1 rings (SSSR count). The molecule has 0 saturated heterocycles. The lowest BCUT2D eigenvalue weighted by atomic mass is 10.2. The molecule has 0 aliphatic rings. The molecule has 1 aromatic carbocycles. The summed E-state index contributed by atoms with van der Waals surface area (Å²) < 4.78 is 31.0. The molecule has 0 aromatic heterocycles. The Labute approximate surface area is 107 Å². The van der Waals surface area contributed by atoms with Crippen molar-refractivity contribution in [1.82, 2.24) is 0 Å². The fourth-order valence-electron chi connectivity index (χ4n) is 1.07. The molecule has 0 radical (unpaired) electrons. The maximum absolute atomic E-state index is 13.5. The van der Waals surface area contributed by atoms with Crippen LogP contribution in [0.4, 0.5) is 14.5 Å². The molecule has 1 atom stereocenters. The van der Waals surface area contributed by atoms with E-state index in [2.05, 4.69) is 20.7 Å². The van der Waals surface area contributed by atoms with E-state index in [1.807, 2.05) is 0 Å². The van der Waals surface area contributed by atoms with Crippen LogP contribution in [0.25, 0.3) is 0 Å². The lowest BCUT2D eigenvalue weighted by Gasteiger charge is -2.12. The van der Waals surface area contributed by atoms with Crippen LogP contribution in [-0.4, -0.2) is 22.1 Å². The van der Waals surface area contributed by atoms with Crippen molar-refractivity contribution in [3.8, 4) is 5.75 Å². The second-order valence-electron chi connectivity index (χ2n) is 3.19. The number of hydrogen-bond acceptors (Lipinski definition) is 4. The van der Waals surface area contributed by atoms with Gasteiger partial charge in [0.2, 0.25) is 11.6 Å². The number of benzene rings is 1. The molecule has 0 spiro atoms. The van der Waals surface area contributed by atoms with Gasteiger partial charge in [-0.25, -0.2) is 9.18 Å². The standard InChI is InChI=1S/C9H6BrF2NO5/c1-3(9(14)15)18-8-5(11)2-4(10)6(12)7(8)13(16)17/h2-3H,1H3,(H,14,15). The average Bonchev–Trinajstić information content (AvgIpc) is 2.25. The van der Waals surface area contributed by atoms with E-state index in [0.717, 1.165) is 6.92 Å². The predicted molar refractivity (Wildman–Crippen MR) is 58.4 cm³/mol. The zero-order valence-electron chi connectivity index (χ0n) is 8.82. The summed E-state index contributed by atoms with van der Waals surface area (Å²) in [6, 6.07) is 0.617. The van der Waals surface area contributed by atoms with E-state index in [1.165, 1.54) is 0 Å². The third-order valence-electron chi connectivity index (χ3n) is 1.93. The van der Waals surface area contributed by atoms with Crippen molar-refractivity contribution in [3.05, 3.63) is 32.3 Å². The van der Waals surface area contributed by atoms with Crippen molar-refractivity contribution in [2.24, 2.45) is 0 Å². The van der Waals surface area contributed by atoms with Gasteiger partial charge in [0.05, 0.1) is 9.40 Å². The number of nitro benzene ring substituents is 1. The molecule has 9 heteroatoms. The molecule has 0 saturated carbocycles. The number of rotatable bonds is 4. The van der Waals surface area contributed by atoms with Crippen LogP contribution in [0.2, 0.25) is 0 Å². The summed E-state index contributed by atoms with van der Waals surface area (Å²) in [4.78, 5) is 20.0. The van der Waals surface area contributed by atoms with Gasteiger partial charge in [0, 0.05) is 0 Å². The lowest BCUT2D eigenvalue weighted by Crippen LogP contribution is -2.24. The fourth-order valence-corrected chi connectivity index (χ4v) is 1.46. The van der Waals surface area contributed by atoms with E-state index < -0.39 is 44.5 Å². The first-order chi connectivity index (χ1) is 8.25. The van der Waals surface area contributed by atoms with E-state index in [4.69, 9.17) is 5.11 Å². The first-order valence-corrected chi connectivity index (χ1v) is 5.26. The predicted octanol–water partition coefficient (Wildman–Crippen LogP) is 2.49. The second kappa shape index (κ2) is 5.25. The summed E-state index contributed by atoms with van der Waals surface area (Å²) in [6.07, 6.45) is -1.56. The van der Waals surface area contributed by atoms with E-state index in [9.17, 15) is 23.7 Å². The molecule has 1 N–H and O–H groups in total. The Morgan fingerprint density at radius 2 is 2.17 bits per heavy atom. The number of nitrogens with zero attached hydrogens (tertiary/aromatic N) is 1. The van der Waals surface area contributed by atoms with Gasteiger partial charge in [0.25, 0.3) is 0 Å². The van der Waals surface area contributed by atoms with E-state index >= 15 is 0 Å². The first kappa shape index (κ1) is 14.3. The zero-order chi connectivity index (χ0) is 14.0. The molecule has 0 heterocycles. The number of ether oxygens (including phenoxy) is 1. The largest absolute Gasteiger partial charge is 0.479 e. The van der Waals surface area contributed by atoms with Crippen LogP contribution in [0.15, 0.2) is 10.5 Å². The van der Waals surface area contributed by atoms with Gasteiger partial charge in [0.15, 0.2) is 11.9 Å². The minimum absolute atomic E-state index is 0.456. The van der Waals surface area contributed by atoms with Gasteiger partial charge in [-0.2, -0.15) is 4.39 Å². The average molecular weight is 326 g/mol. The quantitative estimate of drug-likeness (QED) is 0.522. The molecule has 0 fully saturated rings. The van der Waals surface area contributed by atoms with Crippen LogP contribution < -0.4 is 4.74 Å². The second-order valence-corrected chi connectivity index (χ2v) is 4.04. The van der Waals surface area contributed by atoms with Gasteiger partial charge in [0.1, 0.15) is 0 Å². The highest BCUT2D eigenvalue weighted by molar-refractivity contribution is 9.10. The van der Waals surface area contributed by atoms with Crippen molar-refractivity contribution in [2.75, 3.05) is 0 Å². The summed E-state index contributed by atoms with van der Waals surface area (Å²) in [7, 11) is 0. The molecule has 0 aliphatic heterocycles. The van der Waals surface area contributed by atoms with Gasteiger partial charge in [-0.15, -0.1) is 0 Å². The molecule has 98 valence electrons. The molecule has 1 unspecified atom stereocenters. The van der Waals surface area contributed by atoms with E-state index in [1.54, 1.807) is 0 Å². The number of halogens is 3. The van der Waals surface area contributed by atoms with Crippen molar-refractivity contribution >= 4 is 27.6 Å². The Morgan fingerprint density at radius 1 is 1.61 bits per heavy atom. The smallest absolute Gasteiger partial charge is 0.350 e. The molecular weight excluding hydrogens is 320 g/mol. The fraction of sp³-hybridized carbons (Fsp3) is 0.222. The van der Waals surface area contributed by atoms with Gasteiger partial charge in [-0.3, -0.25) is 10.1 Å². The third kappa shape index (κ3) is 2.73. The van der Waals surface area contributed by atoms with Crippen molar-refractivity contribution < 1.29 is 28.3 Å². The number of nitro groups is 1. The topological polar surface area (TPSA) is 89.7 Å². The molecule has 18 heavy (non-hydrogen) atoms. The molecule has 0 aliphatic carbocycles. The summed E-state index contributed by atoms with van der Waals surface area (Å²) in [5, 5.41) is 19.2. The summed E-state index contributed by atoms with van der Waals surface area (Å²) in [6.45, 7) is 1.03. The van der Waals surface area contributed by atoms with E-state index in [0.29, 0.717) is 6.07 Å². The van der Waals surface area contributed by atoms with Gasteiger partial charge >= 0.3 is 11.7 Å². The number of carboxylic acid groups (broad SMARTS) is 1. The third-order valence-corrected chi connectivity index (χ3v) is 2.51. The lowest BCUT2D eigenvalue weighted by molar-refractivity contribution is -0.389. The Bertz CT molecular complexity index is 522. The van der Waals surface area contributed by atoms with Crippen LogP contribution in [0.3, 0.4) is 0 Å². The number of aliphatic carboxylic acids is 1. The van der Waals surface area contributed by atoms with Crippen molar-refractivity contribution in [2.45, 2.75) is 13.0 Å². The Kier molecular flexibility index (Phi) is 4.17. The van der Waals surface area contributed by atoms with Crippen LogP contribution in [-0.2, 0) is 4.79 Å². The minimum Gasteiger partial charge on any atom is -0.479 e. The maximum Gasteiger partial charge on any atom is 0.350 e. The van der Waals surface area contributed by atoms with Crippen LogP contribution >= 0.6 is 15.9 Å². The van der Waals surface area contributed by atoms with Crippen molar-refractivity contribution in [1.29, 1.82) is 0 Å². The molecule has 0 amide bonds. The highest BCUT2D eigenvalue weighted by Gasteiger charge is 2.30. The maximum atomic E-state index is 13.5. The van der Waals surface area contributed by atoms with Gasteiger partial charge in [-0.05, 0) is 28.9 Å². The molecular formula is C9H6BrF2NO5. The van der Waals surface area contributed by atoms with Gasteiger partial charge in [-0.1, -0.05) is 0 Å². The number of hydrogen-bond donors (Lipinski definition) is 1. The SMILES string of the molecule is CC(Oc1c(F)cc(Br)c(F)c1[N+](=O)[O-])C(=O)O. The highest BCUT2D eigenvalue weighted by Crippen LogP contribution is 2.37. The molecule has 1 aromatic rings. The molecule has 6 nitrogen and oxygen atoms in total. The highest BCUT2D eigenvalue weighted by atomic mass is 79.9. The van der Waals surface area contributed by atoms with E-state index in [-0.39, 0.29) is 0 Å². The van der Waals surface area contributed by atoms with Crippen LogP contribution in [0, 0.1) is 21.7 Å². The van der Waals surface area contributed by atoms with Crippen molar-refractivity contribution in [3.63, 3.8) is 0 Å². The Hall–Kier alpha value is -1.77. The van der Waals surface area contributed by atoms with Crippen LogP contribution in [0.5, 0.6) is 5.75 Å². The van der Waals surface area contributed by atoms with Crippen LogP contribution in [0.1, 0.15) is 6.92 Å². The Morgan fingerprint density at radius 3 is 2.61 bits per heavy atom. The summed E-state index contributed by atoms with van der Waals surface area (Å²) in [5.74, 6) is -5.08. The Balaban J connectivity index is 3.38. The summed E-state index contributed by atoms with van der Waals surface area (Å²) in [5.41, 5.74) is -1.25. The first-order valence-electron chi connectivity index (χ1n) is 4.47. The monoisotopic (exact) mass is 325 g/mol. The number of carbonyl (C=O) groups is 1. The van der Waals surface area contributed by atoms with Gasteiger partial charge < -0.3 is 9.84 Å². The molecule has 0 bridgehead atoms.